The molecule has 0 N–H and O–H groups in total. The van der Waals surface area contributed by atoms with Crippen LogP contribution in [0.2, 0.25) is 0 Å². The van der Waals surface area contributed by atoms with Gasteiger partial charge in [-0.15, -0.1) is 26.2 Å². The van der Waals surface area contributed by atoms with Crippen molar-refractivity contribution in [1.29, 1.82) is 0 Å². The molecule has 149 valence electrons. The first kappa shape index (κ1) is 21.8. The molecular weight excluding hydrogens is 488 g/mol. The van der Waals surface area contributed by atoms with Gasteiger partial charge in [0.1, 0.15) is 0 Å². The maximum absolute atomic E-state index is 4.66. The van der Waals surface area contributed by atoms with E-state index in [0.29, 0.717) is 24.2 Å². The Morgan fingerprint density at radius 1 is 0.360 bits per heavy atom. The first-order chi connectivity index (χ1) is 11.9. The van der Waals surface area contributed by atoms with Crippen molar-refractivity contribution in [3.05, 3.63) is 21.3 Å². The minimum absolute atomic E-state index is 0. The first-order valence-electron chi connectivity index (χ1n) is 10.6. The molecule has 1 radical (unpaired) electrons. The van der Waals surface area contributed by atoms with Crippen LogP contribution in [0.25, 0.3) is 21.3 Å². The molecule has 0 saturated carbocycles. The average molecular weight is 525 g/mol. The molecule has 4 atom stereocenters. The molecule has 4 aliphatic rings. The third-order valence-corrected chi connectivity index (χ3v) is 5.97. The normalized spacial score (nSPS) is 36.5. The molecule has 25 heavy (non-hydrogen) atoms. The van der Waals surface area contributed by atoms with Gasteiger partial charge in [0.2, 0.25) is 0 Å². The van der Waals surface area contributed by atoms with E-state index in [-0.39, 0.29) is 20.1 Å². The van der Waals surface area contributed by atoms with Crippen molar-refractivity contribution >= 4 is 0 Å². The average Bonchev–Trinajstić information content (AvgIpc) is 2.71. The van der Waals surface area contributed by atoms with Gasteiger partial charge in [-0.25, -0.2) is 0 Å². The van der Waals surface area contributed by atoms with E-state index >= 15 is 0 Å². The summed E-state index contributed by atoms with van der Waals surface area (Å²) in [6.45, 7) is 4.38. The molecule has 0 aromatic rings. The van der Waals surface area contributed by atoms with Crippen LogP contribution in [0, 0.1) is 0 Å². The third kappa shape index (κ3) is 7.56. The zero-order chi connectivity index (χ0) is 16.5. The van der Waals surface area contributed by atoms with E-state index in [1.165, 1.54) is 77.0 Å². The Hall–Kier alpha value is 0.489. The molecular formula is C20H36IrN4-4. The molecule has 4 heterocycles. The van der Waals surface area contributed by atoms with Gasteiger partial charge in [-0.3, -0.25) is 0 Å². The van der Waals surface area contributed by atoms with Crippen LogP contribution < -0.4 is 0 Å². The molecule has 0 amide bonds. The van der Waals surface area contributed by atoms with Crippen molar-refractivity contribution in [3.8, 4) is 0 Å². The molecule has 4 fully saturated rings. The molecule has 4 saturated heterocycles. The largest absolute Gasteiger partial charge is 0.661 e. The standard InChI is InChI=1S/2C10H18N2.Ir/c2*1-3-7-11-9(5-1)10-6-2-4-8-12-10;/h2*9-10H,1-8H2;/q2*-2;. The Morgan fingerprint density at radius 3 is 0.760 bits per heavy atom. The van der Waals surface area contributed by atoms with Crippen molar-refractivity contribution < 1.29 is 20.1 Å². The van der Waals surface area contributed by atoms with Gasteiger partial charge in [-0.05, 0) is 0 Å². The minimum atomic E-state index is 0. The second-order valence-electron chi connectivity index (χ2n) is 7.88. The van der Waals surface area contributed by atoms with E-state index in [0.717, 1.165) is 26.2 Å². The molecule has 4 nitrogen and oxygen atoms in total. The maximum Gasteiger partial charge on any atom is 0 e. The number of rotatable bonds is 2. The Kier molecular flexibility index (Phi) is 11.2. The fraction of sp³-hybridized carbons (Fsp3) is 1.00. The number of piperidine rings is 4. The van der Waals surface area contributed by atoms with Gasteiger partial charge in [0.15, 0.2) is 0 Å². The van der Waals surface area contributed by atoms with E-state index in [9.17, 15) is 0 Å². The van der Waals surface area contributed by atoms with Crippen LogP contribution in [-0.4, -0.2) is 50.3 Å². The van der Waals surface area contributed by atoms with Crippen LogP contribution in [-0.2, 0) is 20.1 Å². The molecule has 0 aliphatic carbocycles. The summed E-state index contributed by atoms with van der Waals surface area (Å²) in [6, 6.07) is 2.39. The Balaban J connectivity index is 0.000000173. The van der Waals surface area contributed by atoms with E-state index < -0.39 is 0 Å². The number of nitrogens with zero attached hydrogens (tertiary/aromatic N) is 4. The Labute approximate surface area is 168 Å². The predicted octanol–water partition coefficient (Wildman–Crippen LogP) is 5.68. The second-order valence-corrected chi connectivity index (χ2v) is 7.88. The van der Waals surface area contributed by atoms with Crippen molar-refractivity contribution in [2.45, 2.75) is 101 Å². The topological polar surface area (TPSA) is 56.4 Å². The van der Waals surface area contributed by atoms with E-state index in [1.807, 2.05) is 0 Å². The van der Waals surface area contributed by atoms with Crippen LogP contribution in [0.1, 0.15) is 77.0 Å². The number of hydrogen-bond donors (Lipinski definition) is 0. The van der Waals surface area contributed by atoms with E-state index in [2.05, 4.69) is 21.3 Å². The zero-order valence-corrected chi connectivity index (χ0v) is 18.1. The van der Waals surface area contributed by atoms with Crippen molar-refractivity contribution in [3.63, 3.8) is 0 Å². The van der Waals surface area contributed by atoms with Crippen molar-refractivity contribution in [2.75, 3.05) is 26.2 Å². The fourth-order valence-corrected chi connectivity index (χ4v) is 4.51. The predicted molar refractivity (Wildman–Crippen MR) is 103 cm³/mol. The SMILES string of the molecule is C1CCC(C2CCCC[N-]2)[N-]C1.C1CCC(C2CCCC[N-]2)[N-]C1.[Ir]. The smallest absolute Gasteiger partial charge is 0 e. The van der Waals surface area contributed by atoms with Crippen LogP contribution in [0.5, 0.6) is 0 Å². The molecule has 5 heteroatoms. The van der Waals surface area contributed by atoms with Gasteiger partial charge in [0.05, 0.1) is 0 Å². The van der Waals surface area contributed by atoms with Crippen molar-refractivity contribution in [2.24, 2.45) is 0 Å². The van der Waals surface area contributed by atoms with E-state index in [1.54, 1.807) is 0 Å². The maximum atomic E-state index is 4.66. The molecule has 0 aromatic heterocycles. The summed E-state index contributed by atoms with van der Waals surface area (Å²) in [6.07, 6.45) is 15.9. The minimum Gasteiger partial charge on any atom is -0.661 e. The van der Waals surface area contributed by atoms with Gasteiger partial charge in [0, 0.05) is 20.1 Å². The zero-order valence-electron chi connectivity index (χ0n) is 15.7. The first-order valence-corrected chi connectivity index (χ1v) is 10.6. The van der Waals surface area contributed by atoms with Crippen LogP contribution in [0.15, 0.2) is 0 Å². The monoisotopic (exact) mass is 525 g/mol. The van der Waals surface area contributed by atoms with Crippen LogP contribution in [0.3, 0.4) is 0 Å². The van der Waals surface area contributed by atoms with Gasteiger partial charge in [-0.2, -0.15) is 24.2 Å². The summed E-state index contributed by atoms with van der Waals surface area (Å²) in [5.41, 5.74) is 0. The molecule has 4 unspecified atom stereocenters. The van der Waals surface area contributed by atoms with Crippen molar-refractivity contribution in [1.82, 2.24) is 0 Å². The van der Waals surface area contributed by atoms with Gasteiger partial charge in [-0.1, -0.05) is 77.0 Å². The summed E-state index contributed by atoms with van der Waals surface area (Å²) in [5.74, 6) is 0. The van der Waals surface area contributed by atoms with Gasteiger partial charge in [0.25, 0.3) is 0 Å². The Bertz CT molecular complexity index is 254. The second kappa shape index (κ2) is 12.8. The van der Waals surface area contributed by atoms with Crippen LogP contribution >= 0.6 is 0 Å². The third-order valence-electron chi connectivity index (χ3n) is 5.97. The molecule has 4 rings (SSSR count). The van der Waals surface area contributed by atoms with Crippen LogP contribution in [0.4, 0.5) is 0 Å². The summed E-state index contributed by atoms with van der Waals surface area (Å²) in [7, 11) is 0. The van der Waals surface area contributed by atoms with Gasteiger partial charge >= 0.3 is 0 Å². The Morgan fingerprint density at radius 2 is 0.600 bits per heavy atom. The summed E-state index contributed by atoms with van der Waals surface area (Å²) in [4.78, 5) is 0. The molecule has 0 spiro atoms. The molecule has 4 aliphatic heterocycles. The van der Waals surface area contributed by atoms with E-state index in [4.69, 9.17) is 0 Å². The summed E-state index contributed by atoms with van der Waals surface area (Å²) >= 11 is 0. The summed E-state index contributed by atoms with van der Waals surface area (Å²) in [5, 5.41) is 18.6. The summed E-state index contributed by atoms with van der Waals surface area (Å²) < 4.78 is 0. The molecule has 0 bridgehead atoms. The molecule has 0 aromatic carbocycles. The van der Waals surface area contributed by atoms with Gasteiger partial charge < -0.3 is 21.3 Å². The quantitative estimate of drug-likeness (QED) is 0.447. The number of hydrogen-bond acceptors (Lipinski definition) is 0. The fourth-order valence-electron chi connectivity index (χ4n) is 4.51.